The van der Waals surface area contributed by atoms with Crippen LogP contribution in [0.15, 0.2) is 47.1 Å². The molecule has 0 atom stereocenters. The van der Waals surface area contributed by atoms with Gasteiger partial charge in [-0.05, 0) is 29.8 Å². The second kappa shape index (κ2) is 6.95. The highest BCUT2D eigenvalue weighted by molar-refractivity contribution is 7.86. The Kier molecular flexibility index (Phi) is 5.23. The van der Waals surface area contributed by atoms with Gasteiger partial charge in [-0.3, -0.25) is 0 Å². The Morgan fingerprint density at radius 1 is 1.09 bits per heavy atom. The molecule has 2 aromatic rings. The number of hydrogen-bond acceptors (Lipinski definition) is 4. The third-order valence-corrected chi connectivity index (χ3v) is 5.05. The molecule has 7 heteroatoms. The lowest BCUT2D eigenvalue weighted by Crippen LogP contribution is -2.39. The predicted octanol–water partition coefficient (Wildman–Crippen LogP) is 2.10. The number of nitrogens with zero attached hydrogens (tertiary/aromatic N) is 2. The van der Waals surface area contributed by atoms with Crippen LogP contribution in [0.2, 0.25) is 0 Å². The summed E-state index contributed by atoms with van der Waals surface area (Å²) < 4.78 is 37.9. The lowest BCUT2D eigenvalue weighted by molar-refractivity contribution is 0.334. The van der Waals surface area contributed by atoms with E-state index in [0.717, 1.165) is 11.3 Å². The molecule has 0 amide bonds. The van der Waals surface area contributed by atoms with Gasteiger partial charge >= 0.3 is 0 Å². The van der Waals surface area contributed by atoms with Crippen LogP contribution in [0.25, 0.3) is 0 Å². The highest BCUT2D eigenvalue weighted by Crippen LogP contribution is 2.18. The van der Waals surface area contributed by atoms with Gasteiger partial charge in [0.25, 0.3) is 10.2 Å². The number of ether oxygens (including phenoxy) is 1. The first-order valence-corrected chi connectivity index (χ1v) is 8.16. The van der Waals surface area contributed by atoms with Crippen molar-refractivity contribution in [1.29, 1.82) is 0 Å². The van der Waals surface area contributed by atoms with Gasteiger partial charge in [-0.2, -0.15) is 17.0 Å². The molecule has 1 aromatic heterocycles. The minimum Gasteiger partial charge on any atom is -0.497 e. The van der Waals surface area contributed by atoms with Gasteiger partial charge in [0.2, 0.25) is 0 Å². The van der Waals surface area contributed by atoms with E-state index in [1.54, 1.807) is 19.2 Å². The average molecular weight is 324 g/mol. The molecule has 0 aliphatic heterocycles. The molecule has 1 aromatic carbocycles. The van der Waals surface area contributed by atoms with Gasteiger partial charge < -0.3 is 9.15 Å². The fraction of sp³-hybridized carbons (Fsp3) is 0.333. The maximum atomic E-state index is 12.5. The molecule has 22 heavy (non-hydrogen) atoms. The summed E-state index contributed by atoms with van der Waals surface area (Å²) in [5, 5.41) is 0. The third kappa shape index (κ3) is 3.88. The van der Waals surface area contributed by atoms with Crippen molar-refractivity contribution in [2.24, 2.45) is 0 Å². The maximum Gasteiger partial charge on any atom is 0.282 e. The quantitative estimate of drug-likeness (QED) is 0.782. The van der Waals surface area contributed by atoms with Crippen LogP contribution in [0.4, 0.5) is 0 Å². The monoisotopic (exact) mass is 324 g/mol. The molecule has 2 rings (SSSR count). The number of furan rings is 1. The van der Waals surface area contributed by atoms with Crippen LogP contribution in [0.1, 0.15) is 11.3 Å². The first-order valence-electron chi connectivity index (χ1n) is 6.76. The molecule has 0 saturated heterocycles. The van der Waals surface area contributed by atoms with Crippen molar-refractivity contribution in [1.82, 2.24) is 8.61 Å². The number of hydrogen-bond donors (Lipinski definition) is 0. The van der Waals surface area contributed by atoms with Crippen molar-refractivity contribution in [3.05, 3.63) is 54.0 Å². The second-order valence-corrected chi connectivity index (χ2v) is 7.13. The molecule has 0 aliphatic carbocycles. The van der Waals surface area contributed by atoms with Crippen LogP contribution in [-0.4, -0.2) is 38.2 Å². The summed E-state index contributed by atoms with van der Waals surface area (Å²) in [6.45, 7) is 0.435. The normalized spacial score (nSPS) is 12.0. The van der Waals surface area contributed by atoms with E-state index < -0.39 is 10.2 Å². The molecular weight excluding hydrogens is 304 g/mol. The number of methoxy groups -OCH3 is 1. The van der Waals surface area contributed by atoms with Crippen molar-refractivity contribution < 1.29 is 17.6 Å². The summed E-state index contributed by atoms with van der Waals surface area (Å²) in [5.74, 6) is 1.33. The van der Waals surface area contributed by atoms with E-state index in [1.807, 2.05) is 24.3 Å². The Morgan fingerprint density at radius 3 is 2.27 bits per heavy atom. The molecule has 120 valence electrons. The van der Waals surface area contributed by atoms with Gasteiger partial charge in [-0.15, -0.1) is 0 Å². The zero-order valence-electron chi connectivity index (χ0n) is 12.9. The van der Waals surface area contributed by atoms with Crippen LogP contribution in [-0.2, 0) is 23.3 Å². The Bertz CT molecular complexity index is 679. The molecule has 1 heterocycles. The molecule has 0 spiro atoms. The summed E-state index contributed by atoms with van der Waals surface area (Å²) >= 11 is 0. The highest BCUT2D eigenvalue weighted by atomic mass is 32.2. The molecule has 0 N–H and O–H groups in total. The fourth-order valence-corrected chi connectivity index (χ4v) is 3.03. The fourth-order valence-electron chi connectivity index (χ4n) is 1.96. The standard InChI is InChI=1S/C15H20N2O4S/c1-16(2)22(18,19)17(12-15-5-4-10-21-15)11-13-6-8-14(20-3)9-7-13/h4-10H,11-12H2,1-3H3. The van der Waals surface area contributed by atoms with E-state index in [9.17, 15) is 8.42 Å². The number of rotatable bonds is 7. The zero-order valence-corrected chi connectivity index (χ0v) is 13.7. The summed E-state index contributed by atoms with van der Waals surface area (Å²) in [6, 6.07) is 10.8. The van der Waals surface area contributed by atoms with Crippen LogP contribution >= 0.6 is 0 Å². The molecule has 0 saturated carbocycles. The van der Waals surface area contributed by atoms with Crippen molar-refractivity contribution in [3.63, 3.8) is 0 Å². The predicted molar refractivity (Wildman–Crippen MR) is 83.6 cm³/mol. The Hall–Kier alpha value is -1.83. The van der Waals surface area contributed by atoms with E-state index >= 15 is 0 Å². The highest BCUT2D eigenvalue weighted by Gasteiger charge is 2.25. The summed E-state index contributed by atoms with van der Waals surface area (Å²) in [4.78, 5) is 0. The van der Waals surface area contributed by atoms with Gasteiger partial charge in [0.1, 0.15) is 11.5 Å². The lowest BCUT2D eigenvalue weighted by Gasteiger charge is -2.24. The largest absolute Gasteiger partial charge is 0.497 e. The Balaban J connectivity index is 2.23. The smallest absolute Gasteiger partial charge is 0.282 e. The topological polar surface area (TPSA) is 63.0 Å². The Morgan fingerprint density at radius 2 is 1.77 bits per heavy atom. The van der Waals surface area contributed by atoms with Crippen molar-refractivity contribution in [2.45, 2.75) is 13.1 Å². The van der Waals surface area contributed by atoms with Gasteiger partial charge in [-0.25, -0.2) is 0 Å². The molecule has 0 aliphatic rings. The van der Waals surface area contributed by atoms with Gasteiger partial charge in [-0.1, -0.05) is 12.1 Å². The van der Waals surface area contributed by atoms with E-state index in [4.69, 9.17) is 9.15 Å². The SMILES string of the molecule is COc1ccc(CN(Cc2ccco2)S(=O)(=O)N(C)C)cc1. The first kappa shape index (κ1) is 16.5. The van der Waals surface area contributed by atoms with Crippen LogP contribution < -0.4 is 4.74 Å². The molecule has 6 nitrogen and oxygen atoms in total. The van der Waals surface area contributed by atoms with Gasteiger partial charge in [0.05, 0.1) is 19.9 Å². The van der Waals surface area contributed by atoms with Crippen LogP contribution in [0.3, 0.4) is 0 Å². The first-order chi connectivity index (χ1) is 10.4. The van der Waals surface area contributed by atoms with Crippen molar-refractivity contribution in [2.75, 3.05) is 21.2 Å². The minimum atomic E-state index is -3.55. The maximum absolute atomic E-state index is 12.5. The van der Waals surface area contributed by atoms with Gasteiger partial charge in [0.15, 0.2) is 0 Å². The average Bonchev–Trinajstić information content (AvgIpc) is 3.00. The molecule has 0 radical (unpaired) electrons. The summed E-state index contributed by atoms with van der Waals surface area (Å²) in [7, 11) is 1.06. The summed E-state index contributed by atoms with van der Waals surface area (Å²) in [5.41, 5.74) is 0.873. The van der Waals surface area contributed by atoms with E-state index in [2.05, 4.69) is 0 Å². The van der Waals surface area contributed by atoms with E-state index in [-0.39, 0.29) is 13.1 Å². The summed E-state index contributed by atoms with van der Waals surface area (Å²) in [6.07, 6.45) is 1.53. The zero-order chi connectivity index (χ0) is 16.2. The third-order valence-electron chi connectivity index (χ3n) is 3.22. The van der Waals surface area contributed by atoms with Crippen molar-refractivity contribution in [3.8, 4) is 5.75 Å². The van der Waals surface area contributed by atoms with Crippen molar-refractivity contribution >= 4 is 10.2 Å². The Labute approximate surface area is 131 Å². The lowest BCUT2D eigenvalue weighted by atomic mass is 10.2. The molecular formula is C15H20N2O4S. The van der Waals surface area contributed by atoms with Crippen LogP contribution in [0.5, 0.6) is 5.75 Å². The van der Waals surface area contributed by atoms with E-state index in [1.165, 1.54) is 29.0 Å². The van der Waals surface area contributed by atoms with Gasteiger partial charge in [0, 0.05) is 20.6 Å². The second-order valence-electron chi connectivity index (χ2n) is 4.99. The number of benzene rings is 1. The minimum absolute atomic E-state index is 0.180. The molecule has 0 unspecified atom stereocenters. The van der Waals surface area contributed by atoms with Crippen LogP contribution in [0, 0.1) is 0 Å². The van der Waals surface area contributed by atoms with E-state index in [0.29, 0.717) is 5.76 Å². The molecule has 0 fully saturated rings. The molecule has 0 bridgehead atoms.